The van der Waals surface area contributed by atoms with Crippen LogP contribution in [0.3, 0.4) is 0 Å². The lowest BCUT2D eigenvalue weighted by Crippen LogP contribution is -2.41. The average Bonchev–Trinajstić information content (AvgIpc) is 3.24. The van der Waals surface area contributed by atoms with Crippen molar-refractivity contribution < 1.29 is 4.74 Å². The molecule has 0 saturated carbocycles. The minimum Gasteiger partial charge on any atom is -0.376 e. The smallest absolute Gasteiger partial charge is 0.191 e. The summed E-state index contributed by atoms with van der Waals surface area (Å²) in [4.78, 5) is 4.27. The lowest BCUT2D eigenvalue weighted by Gasteiger charge is -2.15. The van der Waals surface area contributed by atoms with E-state index in [1.54, 1.807) is 0 Å². The minimum atomic E-state index is 0.333. The minimum absolute atomic E-state index is 0.333. The van der Waals surface area contributed by atoms with Crippen LogP contribution in [0.2, 0.25) is 0 Å². The summed E-state index contributed by atoms with van der Waals surface area (Å²) in [6.45, 7) is 3.63. The second-order valence-electron chi connectivity index (χ2n) is 5.94. The fourth-order valence-electron chi connectivity index (χ4n) is 3.03. The molecule has 2 N–H and O–H groups in total. The van der Waals surface area contributed by atoms with Crippen molar-refractivity contribution in [2.24, 2.45) is 4.99 Å². The standard InChI is InChI=1S/C18H26N4O/c1-19-18(21-14-16-7-4-13-23-16)20-10-5-11-22-12-9-15-6-2-3-8-17(15)22/h2-3,6,8-9,12,16H,4-5,7,10-11,13-14H2,1H3,(H2,19,20,21). The third-order valence-corrected chi connectivity index (χ3v) is 4.29. The fraction of sp³-hybridized carbons (Fsp3) is 0.500. The van der Waals surface area contributed by atoms with Crippen LogP contribution in [0.4, 0.5) is 0 Å². The molecular formula is C18H26N4O. The number of ether oxygens (including phenoxy) is 1. The van der Waals surface area contributed by atoms with E-state index >= 15 is 0 Å². The number of guanidine groups is 1. The lowest BCUT2D eigenvalue weighted by molar-refractivity contribution is 0.114. The van der Waals surface area contributed by atoms with Crippen LogP contribution in [0, 0.1) is 0 Å². The van der Waals surface area contributed by atoms with Gasteiger partial charge >= 0.3 is 0 Å². The van der Waals surface area contributed by atoms with Crippen LogP contribution in [0.1, 0.15) is 19.3 Å². The fourth-order valence-corrected chi connectivity index (χ4v) is 3.03. The van der Waals surface area contributed by atoms with Crippen molar-refractivity contribution in [3.63, 3.8) is 0 Å². The van der Waals surface area contributed by atoms with E-state index in [1.165, 1.54) is 17.3 Å². The highest BCUT2D eigenvalue weighted by Gasteiger charge is 2.15. The van der Waals surface area contributed by atoms with Crippen molar-refractivity contribution in [3.8, 4) is 0 Å². The number of aliphatic imine (C=N–C) groups is 1. The molecule has 0 spiro atoms. The summed E-state index contributed by atoms with van der Waals surface area (Å²) in [5.74, 6) is 0.859. The van der Waals surface area contributed by atoms with Crippen molar-refractivity contribution in [2.45, 2.75) is 31.9 Å². The molecule has 5 nitrogen and oxygen atoms in total. The number of nitrogens with zero attached hydrogens (tertiary/aromatic N) is 2. The van der Waals surface area contributed by atoms with Crippen LogP contribution in [0.5, 0.6) is 0 Å². The number of para-hydroxylation sites is 1. The molecule has 1 saturated heterocycles. The molecule has 0 radical (unpaired) electrons. The van der Waals surface area contributed by atoms with Crippen molar-refractivity contribution in [1.29, 1.82) is 0 Å². The van der Waals surface area contributed by atoms with Gasteiger partial charge in [-0.1, -0.05) is 18.2 Å². The maximum atomic E-state index is 5.61. The van der Waals surface area contributed by atoms with Gasteiger partial charge in [-0.05, 0) is 36.8 Å². The Balaban J connectivity index is 1.39. The topological polar surface area (TPSA) is 50.6 Å². The number of nitrogens with one attached hydrogen (secondary N) is 2. The number of aromatic nitrogens is 1. The van der Waals surface area contributed by atoms with Gasteiger partial charge in [-0.3, -0.25) is 4.99 Å². The first-order valence-corrected chi connectivity index (χ1v) is 8.47. The van der Waals surface area contributed by atoms with Crippen molar-refractivity contribution >= 4 is 16.9 Å². The van der Waals surface area contributed by atoms with E-state index in [4.69, 9.17) is 4.74 Å². The third kappa shape index (κ3) is 4.26. The zero-order valence-corrected chi connectivity index (χ0v) is 13.8. The molecule has 0 amide bonds. The molecule has 1 atom stereocenters. The largest absolute Gasteiger partial charge is 0.376 e. The lowest BCUT2D eigenvalue weighted by atomic mass is 10.2. The van der Waals surface area contributed by atoms with Gasteiger partial charge in [-0.15, -0.1) is 0 Å². The summed E-state index contributed by atoms with van der Waals surface area (Å²) >= 11 is 0. The maximum absolute atomic E-state index is 5.61. The molecule has 2 heterocycles. The van der Waals surface area contributed by atoms with Gasteiger partial charge in [0, 0.05) is 45.0 Å². The van der Waals surface area contributed by atoms with Crippen LogP contribution >= 0.6 is 0 Å². The van der Waals surface area contributed by atoms with Gasteiger partial charge in [0.15, 0.2) is 5.96 Å². The van der Waals surface area contributed by atoms with Gasteiger partial charge in [0.05, 0.1) is 6.10 Å². The van der Waals surface area contributed by atoms with Crippen molar-refractivity contribution in [3.05, 3.63) is 36.5 Å². The van der Waals surface area contributed by atoms with Crippen LogP contribution < -0.4 is 10.6 Å². The molecule has 1 aromatic carbocycles. The molecule has 1 aliphatic heterocycles. The summed E-state index contributed by atoms with van der Waals surface area (Å²) in [6.07, 6.45) is 5.86. The highest BCUT2D eigenvalue weighted by atomic mass is 16.5. The van der Waals surface area contributed by atoms with Crippen LogP contribution in [0.15, 0.2) is 41.5 Å². The zero-order valence-electron chi connectivity index (χ0n) is 13.8. The van der Waals surface area contributed by atoms with Gasteiger partial charge in [-0.25, -0.2) is 0 Å². The molecule has 2 aromatic rings. The number of rotatable bonds is 6. The van der Waals surface area contributed by atoms with Crippen LogP contribution in [-0.4, -0.2) is 43.4 Å². The summed E-state index contributed by atoms with van der Waals surface area (Å²) in [6, 6.07) is 10.7. The second kappa shape index (κ2) is 8.02. The predicted octanol–water partition coefficient (Wildman–Crippen LogP) is 2.38. The number of hydrogen-bond acceptors (Lipinski definition) is 2. The highest BCUT2D eigenvalue weighted by Crippen LogP contribution is 2.15. The predicted molar refractivity (Wildman–Crippen MR) is 94.9 cm³/mol. The van der Waals surface area contributed by atoms with E-state index in [2.05, 4.69) is 56.7 Å². The number of aryl methyl sites for hydroxylation is 1. The summed E-state index contributed by atoms with van der Waals surface area (Å²) in [7, 11) is 1.81. The van der Waals surface area contributed by atoms with Crippen LogP contribution in [-0.2, 0) is 11.3 Å². The van der Waals surface area contributed by atoms with E-state index in [-0.39, 0.29) is 0 Å². The first-order chi connectivity index (χ1) is 11.4. The maximum Gasteiger partial charge on any atom is 0.191 e. The molecule has 1 aliphatic rings. The molecule has 1 unspecified atom stereocenters. The summed E-state index contributed by atoms with van der Waals surface area (Å²) in [5.41, 5.74) is 1.30. The Morgan fingerprint density at radius 1 is 1.30 bits per heavy atom. The third-order valence-electron chi connectivity index (χ3n) is 4.29. The van der Waals surface area contributed by atoms with Crippen LogP contribution in [0.25, 0.3) is 10.9 Å². The van der Waals surface area contributed by atoms with E-state index in [0.717, 1.165) is 45.0 Å². The molecule has 3 rings (SSSR count). The average molecular weight is 314 g/mol. The van der Waals surface area contributed by atoms with E-state index in [1.807, 2.05) is 7.05 Å². The monoisotopic (exact) mass is 314 g/mol. The molecule has 23 heavy (non-hydrogen) atoms. The van der Waals surface area contributed by atoms with E-state index < -0.39 is 0 Å². The first kappa shape index (κ1) is 15.9. The van der Waals surface area contributed by atoms with Gasteiger partial charge in [0.1, 0.15) is 0 Å². The molecule has 5 heteroatoms. The Hall–Kier alpha value is -2.01. The molecule has 124 valence electrons. The Kier molecular flexibility index (Phi) is 5.53. The number of benzene rings is 1. The normalized spacial score (nSPS) is 18.5. The van der Waals surface area contributed by atoms with Crippen molar-refractivity contribution in [2.75, 3.05) is 26.7 Å². The molecule has 0 aliphatic carbocycles. The Labute approximate surface area is 137 Å². The molecular weight excluding hydrogens is 288 g/mol. The van der Waals surface area contributed by atoms with E-state index in [9.17, 15) is 0 Å². The summed E-state index contributed by atoms with van der Waals surface area (Å²) in [5, 5.41) is 8.02. The molecule has 1 fully saturated rings. The van der Waals surface area contributed by atoms with Gasteiger partial charge in [0.25, 0.3) is 0 Å². The first-order valence-electron chi connectivity index (χ1n) is 8.47. The Morgan fingerprint density at radius 3 is 3.04 bits per heavy atom. The Bertz CT molecular complexity index is 643. The summed E-state index contributed by atoms with van der Waals surface area (Å²) < 4.78 is 7.92. The van der Waals surface area contributed by atoms with E-state index in [0.29, 0.717) is 6.10 Å². The Morgan fingerprint density at radius 2 is 2.22 bits per heavy atom. The van der Waals surface area contributed by atoms with Gasteiger partial charge < -0.3 is 19.9 Å². The van der Waals surface area contributed by atoms with Gasteiger partial charge in [0.2, 0.25) is 0 Å². The second-order valence-corrected chi connectivity index (χ2v) is 5.94. The highest BCUT2D eigenvalue weighted by molar-refractivity contribution is 5.80. The molecule has 0 bridgehead atoms. The van der Waals surface area contributed by atoms with Gasteiger partial charge in [-0.2, -0.15) is 0 Å². The zero-order chi connectivity index (χ0) is 15.9. The van der Waals surface area contributed by atoms with Crippen molar-refractivity contribution in [1.82, 2.24) is 15.2 Å². The SMILES string of the molecule is CN=C(NCCCn1ccc2ccccc21)NCC1CCCO1. The number of hydrogen-bond donors (Lipinski definition) is 2. The quantitative estimate of drug-likeness (QED) is 0.489. The number of fused-ring (bicyclic) bond motifs is 1. The molecule has 1 aromatic heterocycles.